The Labute approximate surface area is 111 Å². The molecule has 0 saturated heterocycles. The van der Waals surface area contributed by atoms with Gasteiger partial charge in [-0.1, -0.05) is 32.6 Å². The number of aryl methyl sites for hydroxylation is 1. The number of anilines is 1. The minimum absolute atomic E-state index is 0.315. The molecule has 1 aromatic carbocycles. The number of nitrogens with zero attached hydrogens (tertiary/aromatic N) is 2. The van der Waals surface area contributed by atoms with E-state index < -0.39 is 11.6 Å². The van der Waals surface area contributed by atoms with Gasteiger partial charge in [0.15, 0.2) is 11.6 Å². The fraction of sp³-hybridized carbons (Fsp3) is 0.500. The van der Waals surface area contributed by atoms with E-state index in [-0.39, 0.29) is 0 Å². The molecule has 0 atom stereocenters. The molecule has 0 spiro atoms. The Morgan fingerprint density at radius 2 is 1.79 bits per heavy atom. The Balaban J connectivity index is 2.13. The van der Waals surface area contributed by atoms with E-state index in [1.807, 2.05) is 0 Å². The van der Waals surface area contributed by atoms with Crippen molar-refractivity contribution in [1.29, 1.82) is 0 Å². The smallest absolute Gasteiger partial charge is 0.201 e. The van der Waals surface area contributed by atoms with E-state index >= 15 is 0 Å². The second-order valence-electron chi connectivity index (χ2n) is 4.79. The Morgan fingerprint density at radius 3 is 2.53 bits per heavy atom. The molecule has 1 aromatic heterocycles. The summed E-state index contributed by atoms with van der Waals surface area (Å²) in [7, 11) is 0. The standard InChI is InChI=1S/C14H19F2N3/c1-2-3-4-5-6-7-19-13-9-11(16)10(15)8-12(13)18-14(19)17/h8-9H,2-7H2,1H3,(H2,17,18). The third kappa shape index (κ3) is 3.03. The van der Waals surface area contributed by atoms with Crippen LogP contribution in [-0.2, 0) is 6.54 Å². The molecule has 0 aliphatic rings. The van der Waals surface area contributed by atoms with Crippen LogP contribution in [0, 0.1) is 11.6 Å². The molecule has 2 rings (SSSR count). The zero-order valence-corrected chi connectivity index (χ0v) is 11.1. The van der Waals surface area contributed by atoms with E-state index in [1.165, 1.54) is 25.3 Å². The van der Waals surface area contributed by atoms with Gasteiger partial charge in [0.05, 0.1) is 11.0 Å². The lowest BCUT2D eigenvalue weighted by atomic mass is 10.1. The van der Waals surface area contributed by atoms with Crippen LogP contribution < -0.4 is 5.73 Å². The van der Waals surface area contributed by atoms with Gasteiger partial charge in [0.1, 0.15) is 0 Å². The van der Waals surface area contributed by atoms with Gasteiger partial charge in [-0.15, -0.1) is 0 Å². The Bertz CT molecular complexity index is 563. The molecule has 0 fully saturated rings. The Kier molecular flexibility index (Phi) is 4.35. The van der Waals surface area contributed by atoms with Gasteiger partial charge in [-0.2, -0.15) is 0 Å². The normalized spacial score (nSPS) is 11.3. The molecule has 3 nitrogen and oxygen atoms in total. The first kappa shape index (κ1) is 13.8. The minimum atomic E-state index is -0.889. The molecule has 0 unspecified atom stereocenters. The maximum Gasteiger partial charge on any atom is 0.201 e. The SMILES string of the molecule is CCCCCCCn1c(N)nc2cc(F)c(F)cc21. The monoisotopic (exact) mass is 267 g/mol. The fourth-order valence-corrected chi connectivity index (χ4v) is 2.25. The number of hydrogen-bond donors (Lipinski definition) is 1. The summed E-state index contributed by atoms with van der Waals surface area (Å²) < 4.78 is 28.1. The van der Waals surface area contributed by atoms with Gasteiger partial charge in [-0.25, -0.2) is 13.8 Å². The molecule has 1 heterocycles. The van der Waals surface area contributed by atoms with E-state index in [1.54, 1.807) is 4.57 Å². The predicted octanol–water partition coefficient (Wildman–Crippen LogP) is 3.87. The van der Waals surface area contributed by atoms with Crippen LogP contribution in [0.1, 0.15) is 39.0 Å². The first-order chi connectivity index (χ1) is 9.13. The highest BCUT2D eigenvalue weighted by Gasteiger charge is 2.12. The van der Waals surface area contributed by atoms with Gasteiger partial charge >= 0.3 is 0 Å². The zero-order valence-electron chi connectivity index (χ0n) is 11.1. The van der Waals surface area contributed by atoms with Crippen molar-refractivity contribution in [3.8, 4) is 0 Å². The predicted molar refractivity (Wildman–Crippen MR) is 72.8 cm³/mol. The first-order valence-corrected chi connectivity index (χ1v) is 6.74. The molecule has 0 saturated carbocycles. The van der Waals surface area contributed by atoms with Crippen LogP contribution in [0.25, 0.3) is 11.0 Å². The summed E-state index contributed by atoms with van der Waals surface area (Å²) in [6.45, 7) is 2.86. The second-order valence-corrected chi connectivity index (χ2v) is 4.79. The van der Waals surface area contributed by atoms with Gasteiger partial charge in [0.2, 0.25) is 5.95 Å². The highest BCUT2D eigenvalue weighted by molar-refractivity contribution is 5.78. The quantitative estimate of drug-likeness (QED) is 0.807. The van der Waals surface area contributed by atoms with Gasteiger partial charge in [-0.3, -0.25) is 0 Å². The van der Waals surface area contributed by atoms with E-state index in [2.05, 4.69) is 11.9 Å². The van der Waals surface area contributed by atoms with Gasteiger partial charge in [0.25, 0.3) is 0 Å². The number of imidazole rings is 1. The highest BCUT2D eigenvalue weighted by Crippen LogP contribution is 2.22. The molecule has 2 aromatic rings. The van der Waals surface area contributed by atoms with Crippen molar-refractivity contribution in [3.63, 3.8) is 0 Å². The van der Waals surface area contributed by atoms with Crippen molar-refractivity contribution < 1.29 is 8.78 Å². The molecular formula is C14H19F2N3. The number of aromatic nitrogens is 2. The molecule has 19 heavy (non-hydrogen) atoms. The zero-order chi connectivity index (χ0) is 13.8. The number of benzene rings is 1. The molecule has 0 radical (unpaired) electrons. The molecule has 0 amide bonds. The third-order valence-corrected chi connectivity index (χ3v) is 3.31. The minimum Gasteiger partial charge on any atom is -0.369 e. The summed E-state index contributed by atoms with van der Waals surface area (Å²) >= 11 is 0. The summed E-state index contributed by atoms with van der Waals surface area (Å²) in [6.07, 6.45) is 5.68. The van der Waals surface area contributed by atoms with E-state index in [0.29, 0.717) is 23.5 Å². The molecule has 5 heteroatoms. The number of rotatable bonds is 6. The van der Waals surface area contributed by atoms with Crippen molar-refractivity contribution >= 4 is 17.0 Å². The van der Waals surface area contributed by atoms with Crippen molar-refractivity contribution in [3.05, 3.63) is 23.8 Å². The summed E-state index contributed by atoms with van der Waals surface area (Å²) in [5.41, 5.74) is 6.77. The van der Waals surface area contributed by atoms with E-state index in [4.69, 9.17) is 5.73 Å². The van der Waals surface area contributed by atoms with Gasteiger partial charge in [0, 0.05) is 18.7 Å². The van der Waals surface area contributed by atoms with E-state index in [9.17, 15) is 8.78 Å². The van der Waals surface area contributed by atoms with Crippen LogP contribution >= 0.6 is 0 Å². The average Bonchev–Trinajstić information content (AvgIpc) is 2.66. The Morgan fingerprint density at radius 1 is 1.11 bits per heavy atom. The van der Waals surface area contributed by atoms with Crippen LogP contribution in [0.15, 0.2) is 12.1 Å². The molecule has 0 bridgehead atoms. The number of nitrogens with two attached hydrogens (primary N) is 1. The number of fused-ring (bicyclic) bond motifs is 1. The largest absolute Gasteiger partial charge is 0.369 e. The van der Waals surface area contributed by atoms with Crippen LogP contribution in [-0.4, -0.2) is 9.55 Å². The maximum atomic E-state index is 13.3. The Hall–Kier alpha value is -1.65. The average molecular weight is 267 g/mol. The molecule has 104 valence electrons. The van der Waals surface area contributed by atoms with Crippen molar-refractivity contribution in [2.45, 2.75) is 45.6 Å². The molecule has 0 aliphatic carbocycles. The number of hydrogen-bond acceptors (Lipinski definition) is 2. The van der Waals surface area contributed by atoms with E-state index in [0.717, 1.165) is 18.9 Å². The third-order valence-electron chi connectivity index (χ3n) is 3.31. The van der Waals surface area contributed by atoms with Gasteiger partial charge in [-0.05, 0) is 6.42 Å². The number of unbranched alkanes of at least 4 members (excludes halogenated alkanes) is 4. The molecule has 2 N–H and O–H groups in total. The fourth-order valence-electron chi connectivity index (χ4n) is 2.25. The summed E-state index contributed by atoms with van der Waals surface area (Å²) in [5.74, 6) is -1.43. The maximum absolute atomic E-state index is 13.3. The van der Waals surface area contributed by atoms with Crippen molar-refractivity contribution in [1.82, 2.24) is 9.55 Å². The summed E-state index contributed by atoms with van der Waals surface area (Å²) in [5, 5.41) is 0. The lowest BCUT2D eigenvalue weighted by Crippen LogP contribution is -2.03. The van der Waals surface area contributed by atoms with Gasteiger partial charge < -0.3 is 10.3 Å². The van der Waals surface area contributed by atoms with Crippen molar-refractivity contribution in [2.24, 2.45) is 0 Å². The number of nitrogen functional groups attached to an aromatic ring is 1. The molecular weight excluding hydrogens is 248 g/mol. The second kappa shape index (κ2) is 5.99. The summed E-state index contributed by atoms with van der Waals surface area (Å²) in [6, 6.07) is 2.26. The first-order valence-electron chi connectivity index (χ1n) is 6.74. The summed E-state index contributed by atoms with van der Waals surface area (Å²) in [4.78, 5) is 4.06. The van der Waals surface area contributed by atoms with Crippen LogP contribution in [0.4, 0.5) is 14.7 Å². The van der Waals surface area contributed by atoms with Crippen LogP contribution in [0.5, 0.6) is 0 Å². The number of halogens is 2. The van der Waals surface area contributed by atoms with Crippen LogP contribution in [0.2, 0.25) is 0 Å². The van der Waals surface area contributed by atoms with Crippen LogP contribution in [0.3, 0.4) is 0 Å². The topological polar surface area (TPSA) is 43.8 Å². The lowest BCUT2D eigenvalue weighted by Gasteiger charge is -2.06. The lowest BCUT2D eigenvalue weighted by molar-refractivity contribution is 0.510. The van der Waals surface area contributed by atoms with Crippen molar-refractivity contribution in [2.75, 3.05) is 5.73 Å². The highest BCUT2D eigenvalue weighted by atomic mass is 19.2. The molecule has 0 aliphatic heterocycles.